The van der Waals surface area contributed by atoms with Gasteiger partial charge in [-0.2, -0.15) is 0 Å². The molecule has 2 aliphatic heterocycles. The first-order valence-electron chi connectivity index (χ1n) is 10.0. The van der Waals surface area contributed by atoms with Crippen LogP contribution >= 0.6 is 51.9 Å². The van der Waals surface area contributed by atoms with Crippen molar-refractivity contribution in [2.45, 2.75) is 51.7 Å². The van der Waals surface area contributed by atoms with Crippen molar-refractivity contribution in [2.24, 2.45) is 4.30 Å². The summed E-state index contributed by atoms with van der Waals surface area (Å²) in [6, 6.07) is 9.88. The number of alkyl halides is 1. The Kier molecular flexibility index (Phi) is 12.2. The second-order valence-electron chi connectivity index (χ2n) is 6.42. The van der Waals surface area contributed by atoms with E-state index in [1.54, 1.807) is 0 Å². The van der Waals surface area contributed by atoms with Crippen molar-refractivity contribution in [1.29, 1.82) is 0 Å². The van der Waals surface area contributed by atoms with E-state index < -0.39 is 7.15 Å². The fraction of sp³-hybridized carbons (Fsp3) is 0.429. The van der Waals surface area contributed by atoms with Crippen LogP contribution in [-0.2, 0) is 12.8 Å². The van der Waals surface area contributed by atoms with Crippen molar-refractivity contribution in [3.8, 4) is 11.5 Å². The van der Waals surface area contributed by atoms with E-state index in [1.807, 2.05) is 18.2 Å². The predicted molar refractivity (Wildman–Crippen MR) is 132 cm³/mol. The number of halogens is 4. The third kappa shape index (κ3) is 7.74. The average Bonchev–Trinajstić information content (AvgIpc) is 3.34. The summed E-state index contributed by atoms with van der Waals surface area (Å²) in [6.07, 6.45) is 4.70. The molecule has 2 aromatic carbocycles. The summed E-state index contributed by atoms with van der Waals surface area (Å²) >= 11 is 18.6. The Bertz CT molecular complexity index is 853. The molecule has 2 atom stereocenters. The zero-order chi connectivity index (χ0) is 23.4. The van der Waals surface area contributed by atoms with E-state index in [-0.39, 0.29) is 0 Å². The normalized spacial score (nSPS) is 17.7. The van der Waals surface area contributed by atoms with Crippen molar-refractivity contribution < 1.29 is 15.2 Å². The van der Waals surface area contributed by atoms with Gasteiger partial charge in [0.25, 0.3) is 0 Å². The molecule has 0 amide bonds. The summed E-state index contributed by atoms with van der Waals surface area (Å²) in [7, 11) is 3.34. The van der Waals surface area contributed by atoms with Crippen LogP contribution in [0.25, 0.3) is 0 Å². The first kappa shape index (κ1) is 25.5. The van der Waals surface area contributed by atoms with Gasteiger partial charge in [-0.15, -0.1) is 0 Å². The summed E-state index contributed by atoms with van der Waals surface area (Å²) in [5.74, 6) is 1.77. The van der Waals surface area contributed by atoms with Crippen LogP contribution in [0.4, 0.5) is 4.39 Å². The van der Waals surface area contributed by atoms with E-state index in [0.717, 1.165) is 46.7 Å². The molecular weight excluding hydrogens is 511 g/mol. The SMILES string of the molecule is CCC1Cc2cc(Br)cc(Cl)c2O1.CCC1Cc2cccc(Cl)c2O1.[2H]CF.[B]=NS. The summed E-state index contributed by atoms with van der Waals surface area (Å²) in [4.78, 5) is 0. The van der Waals surface area contributed by atoms with Gasteiger partial charge in [0.15, 0.2) is 0 Å². The van der Waals surface area contributed by atoms with Gasteiger partial charge in [0.1, 0.15) is 23.7 Å². The van der Waals surface area contributed by atoms with E-state index in [0.29, 0.717) is 17.2 Å². The molecule has 163 valence electrons. The number of thiol groups is 1. The summed E-state index contributed by atoms with van der Waals surface area (Å²) in [5, 5.41) is 1.45. The Labute approximate surface area is 204 Å². The van der Waals surface area contributed by atoms with Crippen LogP contribution < -0.4 is 9.47 Å². The van der Waals surface area contributed by atoms with Crippen molar-refractivity contribution in [2.75, 3.05) is 7.15 Å². The number of nitrogens with zero attached hydrogens (tertiary/aromatic N) is 1. The van der Waals surface area contributed by atoms with E-state index in [2.05, 4.69) is 66.7 Å². The fourth-order valence-electron chi connectivity index (χ4n) is 3.11. The first-order valence-corrected chi connectivity index (χ1v) is 11.3. The fourth-order valence-corrected chi connectivity index (χ4v) is 4.27. The van der Waals surface area contributed by atoms with Crippen LogP contribution in [0.15, 0.2) is 39.1 Å². The van der Waals surface area contributed by atoms with Crippen molar-refractivity contribution >= 4 is 59.6 Å². The maximum absolute atomic E-state index is 9.96. The Hall–Kier alpha value is -0.755. The predicted octanol–water partition coefficient (Wildman–Crippen LogP) is 7.64. The molecule has 0 N–H and O–H groups in total. The standard InChI is InChI=1S/C10H10BrClO.C10H11ClO.CH3F.BHNS/c1-2-8-4-6-3-7(11)5-9(12)10(6)13-8;1-2-8-6-7-4-3-5-9(11)10(7)12-8;1-2;1-2-3/h3,5,8H,2,4H2,1H3;3-5,8H,2,6H2,1H3;1H3;3H/i;;1D;. The zero-order valence-corrected chi connectivity index (χ0v) is 20.9. The molecule has 0 aliphatic carbocycles. The van der Waals surface area contributed by atoms with Crippen LogP contribution in [0, 0.1) is 0 Å². The van der Waals surface area contributed by atoms with Gasteiger partial charge < -0.3 is 9.47 Å². The topological polar surface area (TPSA) is 30.8 Å². The molecule has 2 aromatic rings. The van der Waals surface area contributed by atoms with Crippen LogP contribution in [-0.4, -0.2) is 27.0 Å². The van der Waals surface area contributed by atoms with Gasteiger partial charge in [0.2, 0.25) is 0 Å². The molecule has 30 heavy (non-hydrogen) atoms. The molecule has 0 aromatic heterocycles. The molecule has 3 nitrogen and oxygen atoms in total. The third-order valence-corrected chi connectivity index (χ3v) is 5.54. The van der Waals surface area contributed by atoms with Crippen LogP contribution in [0.1, 0.15) is 39.2 Å². The Morgan fingerprint density at radius 1 is 1.13 bits per heavy atom. The zero-order valence-electron chi connectivity index (χ0n) is 17.9. The molecule has 9 heteroatoms. The van der Waals surface area contributed by atoms with Crippen LogP contribution in [0.2, 0.25) is 10.0 Å². The van der Waals surface area contributed by atoms with Gasteiger partial charge in [-0.1, -0.05) is 65.1 Å². The molecule has 0 fully saturated rings. The average molecular weight is 537 g/mol. The van der Waals surface area contributed by atoms with Crippen molar-refractivity contribution in [3.05, 3.63) is 56.0 Å². The molecule has 2 unspecified atom stereocenters. The van der Waals surface area contributed by atoms with E-state index in [1.165, 1.54) is 11.1 Å². The molecule has 2 aliphatic rings. The quantitative estimate of drug-likeness (QED) is 0.316. The summed E-state index contributed by atoms with van der Waals surface area (Å²) in [6.45, 7) is 4.25. The number of benzene rings is 2. The van der Waals surface area contributed by atoms with E-state index in [4.69, 9.17) is 34.0 Å². The Balaban J connectivity index is 0.000000249. The van der Waals surface area contributed by atoms with Crippen LogP contribution in [0.5, 0.6) is 11.5 Å². The number of para-hydroxylation sites is 1. The minimum atomic E-state index is -1.00. The van der Waals surface area contributed by atoms with Gasteiger partial charge in [-0.05, 0) is 36.6 Å². The number of rotatable bonds is 2. The number of hydrogen-bond donors (Lipinski definition) is 1. The van der Waals surface area contributed by atoms with Crippen molar-refractivity contribution in [3.63, 3.8) is 0 Å². The second-order valence-corrected chi connectivity index (χ2v) is 8.38. The van der Waals surface area contributed by atoms with Crippen molar-refractivity contribution in [1.82, 2.24) is 0 Å². The van der Waals surface area contributed by atoms with Crippen LogP contribution in [0.3, 0.4) is 0 Å². The third-order valence-electron chi connectivity index (χ3n) is 4.51. The Morgan fingerprint density at radius 3 is 2.13 bits per heavy atom. The molecule has 1 radical (unpaired) electrons. The van der Waals surface area contributed by atoms with Gasteiger partial charge in [-0.25, -0.2) is 0 Å². The first-order chi connectivity index (χ1) is 14.8. The van der Waals surface area contributed by atoms with Gasteiger partial charge in [0.05, 0.1) is 18.6 Å². The van der Waals surface area contributed by atoms with Gasteiger partial charge in [-0.3, -0.25) is 4.39 Å². The number of hydrogen-bond acceptors (Lipinski definition) is 4. The second kappa shape index (κ2) is 14.3. The molecule has 0 bridgehead atoms. The molecule has 0 saturated heterocycles. The van der Waals surface area contributed by atoms with Gasteiger partial charge >= 0.3 is 24.8 Å². The maximum atomic E-state index is 9.96. The number of ether oxygens (including phenoxy) is 2. The summed E-state index contributed by atoms with van der Waals surface area (Å²) in [5.41, 5.74) is 2.46. The molecule has 4 rings (SSSR count). The Morgan fingerprint density at radius 2 is 1.63 bits per heavy atom. The van der Waals surface area contributed by atoms with Gasteiger partial charge in [0, 0.05) is 22.9 Å². The molecule has 0 saturated carbocycles. The summed E-state index contributed by atoms with van der Waals surface area (Å²) < 4.78 is 30.6. The monoisotopic (exact) mass is 535 g/mol. The molecule has 2 heterocycles. The number of fused-ring (bicyclic) bond motifs is 2. The molecular formula is C21H25BBrCl2FNO2S. The van der Waals surface area contributed by atoms with E-state index >= 15 is 0 Å². The molecule has 0 spiro atoms. The van der Waals surface area contributed by atoms with E-state index in [9.17, 15) is 4.39 Å². The minimum absolute atomic E-state index is 0.307.